The number of hydrogen-bond donors (Lipinski definition) is 7. The highest BCUT2D eigenvalue weighted by molar-refractivity contribution is 5.90. The van der Waals surface area contributed by atoms with Crippen LogP contribution >= 0.6 is 0 Å². The molecule has 0 saturated heterocycles. The molecule has 0 fully saturated rings. The molecule has 0 heterocycles. The van der Waals surface area contributed by atoms with Gasteiger partial charge in [0.1, 0.15) is 5.92 Å². The second-order valence-corrected chi connectivity index (χ2v) is 4.10. The average molecular weight is 308 g/mol. The fourth-order valence-electron chi connectivity index (χ4n) is 2.15. The number of aliphatic hydroxyl groups excluding tert-OH is 5. The van der Waals surface area contributed by atoms with E-state index in [0.717, 1.165) is 0 Å². The molecule has 0 amide bonds. The zero-order valence-electron chi connectivity index (χ0n) is 10.3. The van der Waals surface area contributed by atoms with E-state index >= 15 is 0 Å². The second-order valence-electron chi connectivity index (χ2n) is 4.10. The summed E-state index contributed by atoms with van der Waals surface area (Å²) in [5.41, 5.74) is -2.72. The molecule has 21 heavy (non-hydrogen) atoms. The number of rotatable bonds is 4. The first-order valence-corrected chi connectivity index (χ1v) is 5.36. The predicted octanol–water partition coefficient (Wildman–Crippen LogP) is -0.327. The van der Waals surface area contributed by atoms with Gasteiger partial charge in [-0.3, -0.25) is 4.89 Å². The predicted molar refractivity (Wildman–Crippen MR) is 59.6 cm³/mol. The van der Waals surface area contributed by atoms with E-state index in [1.165, 1.54) is 0 Å². The van der Waals surface area contributed by atoms with Crippen molar-refractivity contribution in [1.82, 2.24) is 0 Å². The fraction of sp³-hybridized carbons (Fsp3) is 0.400. The minimum Gasteiger partial charge on any atom is -0.507 e. The minimum atomic E-state index is -2.72. The van der Waals surface area contributed by atoms with Gasteiger partial charge in [0, 0.05) is 6.61 Å². The maximum atomic E-state index is 11.7. The molecule has 2 unspecified atom stereocenters. The van der Waals surface area contributed by atoms with Gasteiger partial charge in [-0.25, -0.2) is 9.59 Å². The Labute approximate surface area is 116 Å². The highest BCUT2D eigenvalue weighted by Crippen LogP contribution is 2.48. The summed E-state index contributed by atoms with van der Waals surface area (Å²) in [6.45, 7) is -0.879. The van der Waals surface area contributed by atoms with E-state index in [1.54, 1.807) is 0 Å². The molecule has 0 spiro atoms. The molecule has 1 rings (SSSR count). The molecule has 7 N–H and O–H groups in total. The zero-order chi connectivity index (χ0) is 16.4. The number of carbonyl (C=O) groups is 2. The smallest absolute Gasteiger partial charge is 0.357 e. The van der Waals surface area contributed by atoms with Crippen molar-refractivity contribution in [2.24, 2.45) is 11.3 Å². The number of carbonyl (C=O) groups excluding carboxylic acids is 2. The fourth-order valence-corrected chi connectivity index (χ4v) is 2.15. The molecule has 0 saturated carbocycles. The third-order valence-electron chi connectivity index (χ3n) is 3.16. The molecule has 0 aromatic heterocycles. The van der Waals surface area contributed by atoms with Crippen LogP contribution in [0.5, 0.6) is 0 Å². The van der Waals surface area contributed by atoms with E-state index in [2.05, 4.69) is 9.78 Å². The van der Waals surface area contributed by atoms with Crippen molar-refractivity contribution in [2.75, 3.05) is 6.61 Å². The van der Waals surface area contributed by atoms with Crippen molar-refractivity contribution in [3.05, 3.63) is 23.0 Å². The standard InChI is InChI=1S/C10H12O11/c11-2-1-10(9(17)21-19)3(8(16)20-18)4(12)5(13)6(14)7(10)15/h3,11-15,18-19H,1-2H2. The quantitative estimate of drug-likeness (QED) is 0.265. The minimum absolute atomic E-state index is 0.834. The van der Waals surface area contributed by atoms with Gasteiger partial charge in [-0.1, -0.05) is 0 Å². The Morgan fingerprint density at radius 2 is 1.62 bits per heavy atom. The third-order valence-corrected chi connectivity index (χ3v) is 3.16. The van der Waals surface area contributed by atoms with Crippen molar-refractivity contribution < 1.29 is 55.4 Å². The van der Waals surface area contributed by atoms with Gasteiger partial charge < -0.3 is 30.4 Å². The number of aliphatic hydroxyl groups is 5. The van der Waals surface area contributed by atoms with E-state index in [9.17, 15) is 30.0 Å². The van der Waals surface area contributed by atoms with Crippen LogP contribution in [0.3, 0.4) is 0 Å². The molecule has 2 atom stereocenters. The molecule has 0 aromatic rings. The van der Waals surface area contributed by atoms with Gasteiger partial charge in [-0.15, -0.1) is 0 Å². The van der Waals surface area contributed by atoms with E-state index in [0.29, 0.717) is 0 Å². The van der Waals surface area contributed by atoms with Crippen molar-refractivity contribution in [3.8, 4) is 0 Å². The van der Waals surface area contributed by atoms with Gasteiger partial charge >= 0.3 is 11.9 Å². The van der Waals surface area contributed by atoms with Crippen LogP contribution < -0.4 is 0 Å². The van der Waals surface area contributed by atoms with Crippen molar-refractivity contribution in [2.45, 2.75) is 6.42 Å². The summed E-state index contributed by atoms with van der Waals surface area (Å²) in [4.78, 5) is 30.0. The highest BCUT2D eigenvalue weighted by atomic mass is 17.1. The summed E-state index contributed by atoms with van der Waals surface area (Å²) >= 11 is 0. The second kappa shape index (κ2) is 5.87. The Hall–Kier alpha value is -2.50. The van der Waals surface area contributed by atoms with Crippen LogP contribution in [0, 0.1) is 11.3 Å². The first-order chi connectivity index (χ1) is 9.79. The van der Waals surface area contributed by atoms with Crippen molar-refractivity contribution >= 4 is 11.9 Å². The summed E-state index contributed by atoms with van der Waals surface area (Å²) in [6.07, 6.45) is -0.834. The molecule has 118 valence electrons. The van der Waals surface area contributed by atoms with Crippen LogP contribution in [-0.2, 0) is 19.4 Å². The van der Waals surface area contributed by atoms with Crippen molar-refractivity contribution in [1.29, 1.82) is 0 Å². The Bertz CT molecular complexity index is 519. The van der Waals surface area contributed by atoms with Crippen molar-refractivity contribution in [3.63, 3.8) is 0 Å². The van der Waals surface area contributed by atoms with E-state index in [-0.39, 0.29) is 0 Å². The van der Waals surface area contributed by atoms with Gasteiger partial charge in [0.05, 0.1) is 0 Å². The highest BCUT2D eigenvalue weighted by Gasteiger charge is 2.61. The van der Waals surface area contributed by atoms with Crippen LogP contribution in [-0.4, -0.2) is 54.6 Å². The normalized spacial score (nSPS) is 25.8. The van der Waals surface area contributed by atoms with Crippen LogP contribution in [0.2, 0.25) is 0 Å². The summed E-state index contributed by atoms with van der Waals surface area (Å²) in [6, 6.07) is 0. The van der Waals surface area contributed by atoms with Gasteiger partial charge in [0.15, 0.2) is 22.7 Å². The SMILES string of the molecule is O=C(OO)C1C(O)=C(O)C(O)=C(O)C1(CCO)C(=O)OO. The van der Waals surface area contributed by atoms with Gasteiger partial charge in [0.2, 0.25) is 5.76 Å². The lowest BCUT2D eigenvalue weighted by Crippen LogP contribution is -2.49. The lowest BCUT2D eigenvalue weighted by molar-refractivity contribution is -0.258. The summed E-state index contributed by atoms with van der Waals surface area (Å²) in [7, 11) is 0. The summed E-state index contributed by atoms with van der Waals surface area (Å²) < 4.78 is 0. The molecular weight excluding hydrogens is 296 g/mol. The summed E-state index contributed by atoms with van der Waals surface area (Å²) in [5, 5.41) is 64.2. The molecule has 0 aliphatic heterocycles. The maximum Gasteiger partial charge on any atom is 0.357 e. The molecule has 0 radical (unpaired) electrons. The molecule has 0 bridgehead atoms. The average Bonchev–Trinajstić information content (AvgIpc) is 2.49. The Balaban J connectivity index is 3.68. The van der Waals surface area contributed by atoms with Crippen LogP contribution in [0.15, 0.2) is 23.0 Å². The molecular formula is C10H12O11. The zero-order valence-corrected chi connectivity index (χ0v) is 10.3. The monoisotopic (exact) mass is 308 g/mol. The Morgan fingerprint density at radius 3 is 2.05 bits per heavy atom. The van der Waals surface area contributed by atoms with E-state index in [4.69, 9.17) is 15.6 Å². The van der Waals surface area contributed by atoms with Gasteiger partial charge in [-0.05, 0) is 6.42 Å². The van der Waals surface area contributed by atoms with E-state index < -0.39 is 59.3 Å². The van der Waals surface area contributed by atoms with Gasteiger partial charge in [0.25, 0.3) is 0 Å². The van der Waals surface area contributed by atoms with Crippen LogP contribution in [0.25, 0.3) is 0 Å². The van der Waals surface area contributed by atoms with Gasteiger partial charge in [-0.2, -0.15) is 10.5 Å². The van der Waals surface area contributed by atoms with Crippen LogP contribution in [0.4, 0.5) is 0 Å². The number of hydrogen-bond acceptors (Lipinski definition) is 11. The maximum absolute atomic E-state index is 11.7. The molecule has 11 nitrogen and oxygen atoms in total. The molecule has 0 aromatic carbocycles. The molecule has 1 aliphatic rings. The largest absolute Gasteiger partial charge is 0.507 e. The first-order valence-electron chi connectivity index (χ1n) is 5.36. The van der Waals surface area contributed by atoms with E-state index in [1.807, 2.05) is 0 Å². The molecule has 11 heteroatoms. The molecule has 1 aliphatic carbocycles. The topological polar surface area (TPSA) is 194 Å². The Kier molecular flexibility index (Phi) is 4.62. The lowest BCUT2D eigenvalue weighted by Gasteiger charge is -2.36. The first kappa shape index (κ1) is 16.6. The summed E-state index contributed by atoms with van der Waals surface area (Å²) in [5.74, 6) is -11.2. The lowest BCUT2D eigenvalue weighted by atomic mass is 9.67. The third kappa shape index (κ3) is 2.22. The Morgan fingerprint density at radius 1 is 1.05 bits per heavy atom. The van der Waals surface area contributed by atoms with Crippen LogP contribution in [0.1, 0.15) is 6.42 Å².